The number of nitrogens with two attached hydrogens (primary N) is 1. The number of para-hydroxylation sites is 1. The molecule has 0 saturated carbocycles. The highest BCUT2D eigenvalue weighted by Crippen LogP contribution is 2.41. The largest absolute Gasteiger partial charge is 0.493 e. The van der Waals surface area contributed by atoms with Crippen molar-refractivity contribution < 1.29 is 9.53 Å². The van der Waals surface area contributed by atoms with Gasteiger partial charge in [-0.1, -0.05) is 24.3 Å². The smallest absolute Gasteiger partial charge is 0.265 e. The van der Waals surface area contributed by atoms with Gasteiger partial charge in [-0.15, -0.1) is 0 Å². The average Bonchev–Trinajstić information content (AvgIpc) is 3.13. The highest BCUT2D eigenvalue weighted by Gasteiger charge is 2.23. The molecule has 1 amide bonds. The van der Waals surface area contributed by atoms with E-state index in [4.69, 9.17) is 10.5 Å². The van der Waals surface area contributed by atoms with Crippen LogP contribution < -0.4 is 16.0 Å². The molecule has 3 N–H and O–H groups in total. The summed E-state index contributed by atoms with van der Waals surface area (Å²) in [5.74, 6) is -0.122. The molecule has 2 aromatic heterocycles. The molecule has 35 heavy (non-hydrogen) atoms. The summed E-state index contributed by atoms with van der Waals surface area (Å²) in [6.45, 7) is 8.22. The molecule has 7 heteroatoms. The summed E-state index contributed by atoms with van der Waals surface area (Å²) in [4.78, 5) is 33.5. The van der Waals surface area contributed by atoms with Crippen LogP contribution in [-0.2, 0) is 0 Å². The summed E-state index contributed by atoms with van der Waals surface area (Å²) in [5, 5.41) is 1.47. The topological polar surface area (TPSA) is 103 Å². The predicted octanol–water partition coefficient (Wildman–Crippen LogP) is 4.96. The number of ether oxygens (including phenoxy) is 1. The van der Waals surface area contributed by atoms with Gasteiger partial charge >= 0.3 is 0 Å². The zero-order valence-corrected chi connectivity index (χ0v) is 20.1. The third-order valence-corrected chi connectivity index (χ3v) is 6.61. The summed E-state index contributed by atoms with van der Waals surface area (Å²) in [7, 11) is 0. The van der Waals surface area contributed by atoms with Gasteiger partial charge in [0.25, 0.3) is 11.5 Å². The number of rotatable bonds is 5. The summed E-state index contributed by atoms with van der Waals surface area (Å²) in [6.07, 6.45) is 1.57. The summed E-state index contributed by atoms with van der Waals surface area (Å²) >= 11 is 0. The minimum atomic E-state index is -0.550. The number of benzene rings is 3. The molecule has 3 aromatic carbocycles. The Morgan fingerprint density at radius 1 is 1.06 bits per heavy atom. The van der Waals surface area contributed by atoms with E-state index in [1.807, 2.05) is 70.2 Å². The highest BCUT2D eigenvalue weighted by molar-refractivity contribution is 6.13. The Balaban J connectivity index is 1.82. The van der Waals surface area contributed by atoms with Crippen molar-refractivity contribution in [1.82, 2.24) is 14.5 Å². The van der Waals surface area contributed by atoms with Crippen molar-refractivity contribution in [2.24, 2.45) is 5.73 Å². The molecule has 0 atom stereocenters. The van der Waals surface area contributed by atoms with Gasteiger partial charge in [-0.3, -0.25) is 14.2 Å². The van der Waals surface area contributed by atoms with Crippen LogP contribution in [0.4, 0.5) is 0 Å². The Morgan fingerprint density at radius 2 is 1.83 bits per heavy atom. The van der Waals surface area contributed by atoms with E-state index in [0.29, 0.717) is 34.3 Å². The molecule has 0 fully saturated rings. The van der Waals surface area contributed by atoms with E-state index in [-0.39, 0.29) is 5.56 Å². The molecule has 0 saturated heterocycles. The Labute approximate surface area is 202 Å². The van der Waals surface area contributed by atoms with Crippen LogP contribution in [0.3, 0.4) is 0 Å². The molecule has 0 radical (unpaired) electrons. The zero-order valence-electron chi connectivity index (χ0n) is 20.1. The van der Waals surface area contributed by atoms with Gasteiger partial charge in [0.1, 0.15) is 17.6 Å². The minimum absolute atomic E-state index is 0.131. The molecule has 2 heterocycles. The maximum Gasteiger partial charge on any atom is 0.265 e. The highest BCUT2D eigenvalue weighted by atomic mass is 16.5. The Morgan fingerprint density at radius 3 is 2.57 bits per heavy atom. The fourth-order valence-corrected chi connectivity index (χ4v) is 4.78. The quantitative estimate of drug-likeness (QED) is 0.382. The number of H-pyrrole nitrogens is 1. The van der Waals surface area contributed by atoms with Gasteiger partial charge in [-0.05, 0) is 74.2 Å². The third-order valence-electron chi connectivity index (χ3n) is 6.61. The molecule has 5 rings (SSSR count). The number of hydrogen-bond acceptors (Lipinski definition) is 4. The molecule has 0 aliphatic heterocycles. The van der Waals surface area contributed by atoms with E-state index in [0.717, 1.165) is 39.0 Å². The van der Waals surface area contributed by atoms with Crippen LogP contribution in [0, 0.1) is 20.8 Å². The number of hydrogen-bond donors (Lipinski definition) is 2. The number of aryl methyl sites for hydroxylation is 2. The molecule has 176 valence electrons. The van der Waals surface area contributed by atoms with Crippen LogP contribution in [-0.4, -0.2) is 27.0 Å². The maximum atomic E-state index is 13.3. The number of amides is 1. The van der Waals surface area contributed by atoms with Crippen molar-refractivity contribution in [1.29, 1.82) is 0 Å². The second-order valence-electron chi connectivity index (χ2n) is 8.61. The molecular formula is C28H26N4O3. The summed E-state index contributed by atoms with van der Waals surface area (Å²) in [5.41, 5.74) is 12.7. The van der Waals surface area contributed by atoms with E-state index in [2.05, 4.69) is 9.97 Å². The normalized spacial score (nSPS) is 11.3. The number of carbonyl (C=O) groups excluding carboxylic acids is 1. The molecule has 7 nitrogen and oxygen atoms in total. The van der Waals surface area contributed by atoms with Crippen molar-refractivity contribution in [3.8, 4) is 22.6 Å². The van der Waals surface area contributed by atoms with Crippen molar-refractivity contribution in [3.05, 3.63) is 87.6 Å². The lowest BCUT2D eigenvalue weighted by Crippen LogP contribution is -2.19. The lowest BCUT2D eigenvalue weighted by atomic mass is 9.92. The van der Waals surface area contributed by atoms with Gasteiger partial charge in [-0.25, -0.2) is 4.98 Å². The molecule has 0 unspecified atom stereocenters. The first-order valence-electron chi connectivity index (χ1n) is 11.5. The molecule has 0 bridgehead atoms. The number of aromatic amines is 1. The first kappa shape index (κ1) is 22.4. The monoisotopic (exact) mass is 466 g/mol. The lowest BCUT2D eigenvalue weighted by Gasteiger charge is -2.17. The van der Waals surface area contributed by atoms with Crippen LogP contribution in [0.2, 0.25) is 0 Å². The fourth-order valence-electron chi connectivity index (χ4n) is 4.78. The van der Waals surface area contributed by atoms with Gasteiger partial charge in [0.2, 0.25) is 0 Å². The van der Waals surface area contributed by atoms with E-state index in [9.17, 15) is 9.59 Å². The second-order valence-corrected chi connectivity index (χ2v) is 8.61. The van der Waals surface area contributed by atoms with Crippen LogP contribution >= 0.6 is 0 Å². The van der Waals surface area contributed by atoms with Gasteiger partial charge in [0.15, 0.2) is 0 Å². The van der Waals surface area contributed by atoms with Gasteiger partial charge in [-0.2, -0.15) is 0 Å². The van der Waals surface area contributed by atoms with Crippen molar-refractivity contribution in [3.63, 3.8) is 0 Å². The first-order valence-corrected chi connectivity index (χ1v) is 11.5. The molecule has 0 aliphatic carbocycles. The van der Waals surface area contributed by atoms with Crippen LogP contribution in [0.25, 0.3) is 38.6 Å². The minimum Gasteiger partial charge on any atom is -0.493 e. The van der Waals surface area contributed by atoms with Crippen molar-refractivity contribution >= 4 is 27.7 Å². The van der Waals surface area contributed by atoms with Crippen LogP contribution in [0.1, 0.15) is 34.1 Å². The molecule has 0 aliphatic rings. The number of fused-ring (bicyclic) bond motifs is 2. The fraction of sp³-hybridized carbons (Fsp3) is 0.179. The molecule has 0 spiro atoms. The van der Waals surface area contributed by atoms with Gasteiger partial charge in [0.05, 0.1) is 28.7 Å². The number of nitrogens with zero attached hydrogens (tertiary/aromatic N) is 2. The summed E-state index contributed by atoms with van der Waals surface area (Å²) in [6, 6.07) is 15.0. The van der Waals surface area contributed by atoms with Crippen molar-refractivity contribution in [2.75, 3.05) is 6.61 Å². The third kappa shape index (κ3) is 3.47. The lowest BCUT2D eigenvalue weighted by molar-refractivity contribution is 0.0998. The number of carbonyl (C=O) groups is 1. The standard InChI is InChI=1S/C28H26N4O3/c1-5-35-23-13-20(24-15(2)17(4)31-26(24)25(23)27(29)33)18-10-8-12-22(16(18)3)32-14-30-21-11-7-6-9-19(21)28(32)34/h6-14,31H,5H2,1-4H3,(H2,29,33). The van der Waals surface area contributed by atoms with Crippen molar-refractivity contribution in [2.45, 2.75) is 27.7 Å². The second kappa shape index (κ2) is 8.43. The zero-order chi connectivity index (χ0) is 24.9. The predicted molar refractivity (Wildman–Crippen MR) is 139 cm³/mol. The van der Waals surface area contributed by atoms with E-state index in [1.54, 1.807) is 17.0 Å². The Hall–Kier alpha value is -4.39. The Kier molecular flexibility index (Phi) is 5.40. The number of nitrogens with one attached hydrogen (secondary N) is 1. The van der Waals surface area contributed by atoms with E-state index in [1.165, 1.54) is 0 Å². The van der Waals surface area contributed by atoms with Gasteiger partial charge in [0, 0.05) is 11.1 Å². The van der Waals surface area contributed by atoms with Gasteiger partial charge < -0.3 is 15.5 Å². The number of primary amides is 1. The first-order chi connectivity index (χ1) is 16.8. The Bertz CT molecular complexity index is 1690. The molecule has 5 aromatic rings. The van der Waals surface area contributed by atoms with E-state index < -0.39 is 5.91 Å². The maximum absolute atomic E-state index is 13.3. The SMILES string of the molecule is CCOc1cc(-c2cccc(-n3cnc4ccccc4c3=O)c2C)c2c(C)c(C)[nH]c2c1C(N)=O. The molecular weight excluding hydrogens is 440 g/mol. The summed E-state index contributed by atoms with van der Waals surface area (Å²) < 4.78 is 7.43. The van der Waals surface area contributed by atoms with Crippen LogP contribution in [0.15, 0.2) is 59.7 Å². The number of aromatic nitrogens is 3. The van der Waals surface area contributed by atoms with Crippen LogP contribution in [0.5, 0.6) is 5.75 Å². The van der Waals surface area contributed by atoms with E-state index >= 15 is 0 Å². The average molecular weight is 467 g/mol.